The molecule has 1 fully saturated rings. The number of rotatable bonds is 4. The van der Waals surface area contributed by atoms with Crippen molar-refractivity contribution < 1.29 is 9.59 Å². The van der Waals surface area contributed by atoms with Crippen molar-refractivity contribution in [2.45, 2.75) is 23.6 Å². The van der Waals surface area contributed by atoms with Crippen LogP contribution < -0.4 is 0 Å². The highest BCUT2D eigenvalue weighted by Gasteiger charge is 2.20. The van der Waals surface area contributed by atoms with Crippen LogP contribution in [0.25, 0.3) is 6.08 Å². The average molecular weight is 415 g/mol. The van der Waals surface area contributed by atoms with E-state index in [-0.39, 0.29) is 11.8 Å². The van der Waals surface area contributed by atoms with Crippen LogP contribution in [0.3, 0.4) is 0 Å². The number of hydrogen-bond acceptors (Lipinski definition) is 3. The second-order valence-electron chi connectivity index (χ2n) is 6.77. The molecule has 0 spiro atoms. The van der Waals surface area contributed by atoms with E-state index in [0.29, 0.717) is 31.2 Å². The number of carbonyl (C=O) groups excluding carboxylic acids is 2. The van der Waals surface area contributed by atoms with Crippen LogP contribution in [0.15, 0.2) is 58.3 Å². The van der Waals surface area contributed by atoms with E-state index in [1.165, 1.54) is 5.56 Å². The minimum Gasteiger partial charge on any atom is -0.339 e. The molecule has 2 aromatic rings. The Morgan fingerprint density at radius 1 is 1.00 bits per heavy atom. The summed E-state index contributed by atoms with van der Waals surface area (Å²) < 4.78 is 0. The van der Waals surface area contributed by atoms with Crippen molar-refractivity contribution in [2.75, 3.05) is 26.2 Å². The maximum atomic E-state index is 12.4. The Balaban J connectivity index is 1.60. The molecule has 146 valence electrons. The summed E-state index contributed by atoms with van der Waals surface area (Å²) in [5.74, 6) is 0.0123. The summed E-state index contributed by atoms with van der Waals surface area (Å²) >= 11 is 8.05. The number of halogens is 1. The van der Waals surface area contributed by atoms with Crippen LogP contribution in [0.4, 0.5) is 0 Å². The van der Waals surface area contributed by atoms with E-state index in [1.54, 1.807) is 40.6 Å². The normalized spacial score (nSPS) is 14.5. The van der Waals surface area contributed by atoms with Gasteiger partial charge in [0.2, 0.25) is 11.8 Å². The van der Waals surface area contributed by atoms with Crippen molar-refractivity contribution >= 4 is 41.3 Å². The zero-order valence-electron chi connectivity index (χ0n) is 16.0. The van der Waals surface area contributed by atoms with Gasteiger partial charge in [0.05, 0.1) is 5.02 Å². The van der Waals surface area contributed by atoms with Crippen molar-refractivity contribution in [2.24, 2.45) is 0 Å². The number of nitrogens with zero attached hydrogens (tertiary/aromatic N) is 2. The molecular weight excluding hydrogens is 392 g/mol. The summed E-state index contributed by atoms with van der Waals surface area (Å²) in [6.45, 7) is 5.93. The van der Waals surface area contributed by atoms with E-state index in [4.69, 9.17) is 11.6 Å². The molecule has 1 saturated heterocycles. The van der Waals surface area contributed by atoms with Crippen LogP contribution in [-0.2, 0) is 9.59 Å². The topological polar surface area (TPSA) is 40.6 Å². The van der Waals surface area contributed by atoms with E-state index < -0.39 is 0 Å². The highest BCUT2D eigenvalue weighted by molar-refractivity contribution is 7.99. The number of amides is 2. The minimum absolute atomic E-state index is 0.0440. The Morgan fingerprint density at radius 2 is 1.64 bits per heavy atom. The largest absolute Gasteiger partial charge is 0.339 e. The van der Waals surface area contributed by atoms with Crippen molar-refractivity contribution in [1.82, 2.24) is 9.80 Å². The van der Waals surface area contributed by atoms with Gasteiger partial charge in [-0.15, -0.1) is 0 Å². The molecule has 28 heavy (non-hydrogen) atoms. The summed E-state index contributed by atoms with van der Waals surface area (Å²) in [4.78, 5) is 29.4. The number of piperazine rings is 1. The van der Waals surface area contributed by atoms with Crippen LogP contribution >= 0.6 is 23.4 Å². The molecule has 4 nitrogen and oxygen atoms in total. The summed E-state index contributed by atoms with van der Waals surface area (Å²) in [7, 11) is 0. The first-order valence-electron chi connectivity index (χ1n) is 9.19. The molecule has 3 rings (SSSR count). The fraction of sp³-hybridized carbons (Fsp3) is 0.273. The summed E-state index contributed by atoms with van der Waals surface area (Å²) in [5.41, 5.74) is 2.11. The van der Waals surface area contributed by atoms with Gasteiger partial charge in [0.25, 0.3) is 0 Å². The lowest BCUT2D eigenvalue weighted by molar-refractivity contribution is -0.135. The standard InChI is InChI=1S/C22H23ClN2O2S/c1-16-3-7-19(8-4-16)28-21-9-5-18(15-20(21)23)6-10-22(27)25-13-11-24(12-14-25)17(2)26/h3-10,15H,11-14H2,1-2H3. The molecule has 0 radical (unpaired) electrons. The predicted octanol–water partition coefficient (Wildman–Crippen LogP) is 4.50. The van der Waals surface area contributed by atoms with Crippen molar-refractivity contribution in [3.63, 3.8) is 0 Å². The molecule has 0 bridgehead atoms. The van der Waals surface area contributed by atoms with Gasteiger partial charge in [-0.25, -0.2) is 0 Å². The SMILES string of the molecule is CC(=O)N1CCN(C(=O)C=Cc2ccc(Sc3ccc(C)cc3)c(Cl)c2)CC1. The Hall–Kier alpha value is -2.24. The molecule has 1 heterocycles. The second kappa shape index (κ2) is 9.30. The fourth-order valence-corrected chi connectivity index (χ4v) is 4.07. The van der Waals surface area contributed by atoms with Gasteiger partial charge < -0.3 is 9.80 Å². The fourth-order valence-electron chi connectivity index (χ4n) is 2.95. The van der Waals surface area contributed by atoms with Crippen LogP contribution in [0.5, 0.6) is 0 Å². The van der Waals surface area contributed by atoms with Crippen molar-refractivity contribution in [3.8, 4) is 0 Å². The molecule has 0 unspecified atom stereocenters. The smallest absolute Gasteiger partial charge is 0.246 e. The van der Waals surface area contributed by atoms with E-state index >= 15 is 0 Å². The van der Waals surface area contributed by atoms with Gasteiger partial charge in [0, 0.05) is 49.0 Å². The maximum absolute atomic E-state index is 12.4. The molecule has 1 aliphatic rings. The average Bonchev–Trinajstić information content (AvgIpc) is 2.69. The molecular formula is C22H23ClN2O2S. The monoisotopic (exact) mass is 414 g/mol. The third-order valence-electron chi connectivity index (χ3n) is 4.66. The van der Waals surface area contributed by atoms with Crippen LogP contribution in [0.1, 0.15) is 18.1 Å². The Labute approximate surface area is 175 Å². The predicted molar refractivity (Wildman–Crippen MR) is 115 cm³/mol. The van der Waals surface area contributed by atoms with E-state index in [2.05, 4.69) is 31.2 Å². The third kappa shape index (κ3) is 5.40. The van der Waals surface area contributed by atoms with Gasteiger partial charge in [0.1, 0.15) is 0 Å². The molecule has 0 atom stereocenters. The Morgan fingerprint density at radius 3 is 2.25 bits per heavy atom. The zero-order valence-corrected chi connectivity index (χ0v) is 17.6. The number of aryl methyl sites for hydroxylation is 1. The molecule has 0 N–H and O–H groups in total. The first-order chi connectivity index (χ1) is 13.4. The van der Waals surface area contributed by atoms with Gasteiger partial charge in [-0.2, -0.15) is 0 Å². The molecule has 0 aliphatic carbocycles. The molecule has 0 aromatic heterocycles. The quantitative estimate of drug-likeness (QED) is 0.691. The lowest BCUT2D eigenvalue weighted by Crippen LogP contribution is -2.49. The molecule has 0 saturated carbocycles. The Kier molecular flexibility index (Phi) is 6.81. The van der Waals surface area contributed by atoms with Crippen LogP contribution in [-0.4, -0.2) is 47.8 Å². The summed E-state index contributed by atoms with van der Waals surface area (Å²) in [5, 5.41) is 0.662. The number of carbonyl (C=O) groups is 2. The molecule has 2 aromatic carbocycles. The Bertz CT molecular complexity index is 888. The number of benzene rings is 2. The van der Waals surface area contributed by atoms with Gasteiger partial charge in [0.15, 0.2) is 0 Å². The molecule has 2 amide bonds. The lowest BCUT2D eigenvalue weighted by atomic mass is 10.2. The highest BCUT2D eigenvalue weighted by Crippen LogP contribution is 2.34. The molecule has 6 heteroatoms. The number of hydrogen-bond donors (Lipinski definition) is 0. The van der Waals surface area contributed by atoms with Crippen molar-refractivity contribution in [1.29, 1.82) is 0 Å². The highest BCUT2D eigenvalue weighted by atomic mass is 35.5. The first kappa shape index (κ1) is 20.5. The lowest BCUT2D eigenvalue weighted by Gasteiger charge is -2.33. The van der Waals surface area contributed by atoms with Gasteiger partial charge in [-0.3, -0.25) is 9.59 Å². The van der Waals surface area contributed by atoms with Crippen molar-refractivity contribution in [3.05, 3.63) is 64.7 Å². The van der Waals surface area contributed by atoms with Gasteiger partial charge >= 0.3 is 0 Å². The van der Waals surface area contributed by atoms with E-state index in [0.717, 1.165) is 15.4 Å². The van der Waals surface area contributed by atoms with E-state index in [1.807, 2.05) is 18.2 Å². The van der Waals surface area contributed by atoms with Gasteiger partial charge in [-0.1, -0.05) is 47.1 Å². The van der Waals surface area contributed by atoms with Crippen LogP contribution in [0, 0.1) is 6.92 Å². The third-order valence-corrected chi connectivity index (χ3v) is 6.17. The first-order valence-corrected chi connectivity index (χ1v) is 10.4. The summed E-state index contributed by atoms with van der Waals surface area (Å²) in [6, 6.07) is 14.1. The zero-order chi connectivity index (χ0) is 20.1. The van der Waals surface area contributed by atoms with E-state index in [9.17, 15) is 9.59 Å². The second-order valence-corrected chi connectivity index (χ2v) is 8.29. The van der Waals surface area contributed by atoms with Gasteiger partial charge in [-0.05, 0) is 42.8 Å². The van der Waals surface area contributed by atoms with Crippen LogP contribution in [0.2, 0.25) is 5.02 Å². The molecule has 1 aliphatic heterocycles. The minimum atomic E-state index is -0.0440. The summed E-state index contributed by atoms with van der Waals surface area (Å²) in [6.07, 6.45) is 3.35. The maximum Gasteiger partial charge on any atom is 0.246 e.